The van der Waals surface area contributed by atoms with E-state index in [9.17, 15) is 9.59 Å². The molecule has 2 N–H and O–H groups in total. The number of amides is 2. The summed E-state index contributed by atoms with van der Waals surface area (Å²) in [5.74, 6) is -0.163. The third-order valence-electron chi connectivity index (χ3n) is 4.53. The Morgan fingerprint density at radius 1 is 1.19 bits per heavy atom. The molecule has 0 radical (unpaired) electrons. The number of nitrogens with zero attached hydrogens (tertiary/aromatic N) is 1. The van der Waals surface area contributed by atoms with Crippen molar-refractivity contribution in [2.24, 2.45) is 0 Å². The Bertz CT molecular complexity index is 810. The summed E-state index contributed by atoms with van der Waals surface area (Å²) in [6.45, 7) is 7.84. The van der Waals surface area contributed by atoms with Crippen molar-refractivity contribution in [3.05, 3.63) is 48.0 Å². The summed E-state index contributed by atoms with van der Waals surface area (Å²) < 4.78 is 0. The van der Waals surface area contributed by atoms with Crippen molar-refractivity contribution in [3.63, 3.8) is 0 Å². The van der Waals surface area contributed by atoms with Crippen LogP contribution in [0.15, 0.2) is 42.5 Å². The lowest BCUT2D eigenvalue weighted by Crippen LogP contribution is -2.56. The number of piperazine rings is 1. The first kappa shape index (κ1) is 18.4. The van der Waals surface area contributed by atoms with Gasteiger partial charge in [-0.25, -0.2) is 0 Å². The minimum Gasteiger partial charge on any atom is -0.353 e. The molecule has 0 bridgehead atoms. The molecule has 3 rings (SSSR count). The number of carbonyl (C=O) groups excluding carboxylic acids is 2. The molecule has 1 aliphatic heterocycles. The molecule has 5 heteroatoms. The fourth-order valence-corrected chi connectivity index (χ4v) is 3.39. The van der Waals surface area contributed by atoms with Crippen molar-refractivity contribution in [3.8, 4) is 0 Å². The lowest BCUT2D eigenvalue weighted by molar-refractivity contribution is -0.134. The molecule has 1 heterocycles. The van der Waals surface area contributed by atoms with Gasteiger partial charge in [0.05, 0.1) is 12.5 Å². The average molecular weight is 353 g/mol. The Hall–Kier alpha value is -2.40. The van der Waals surface area contributed by atoms with Gasteiger partial charge in [-0.2, -0.15) is 0 Å². The molecule has 0 aromatic heterocycles. The van der Waals surface area contributed by atoms with E-state index in [1.807, 2.05) is 32.9 Å². The summed E-state index contributed by atoms with van der Waals surface area (Å²) in [7, 11) is 0. The van der Waals surface area contributed by atoms with Crippen LogP contribution in [0.5, 0.6) is 0 Å². The van der Waals surface area contributed by atoms with E-state index < -0.39 is 6.04 Å². The Morgan fingerprint density at radius 2 is 1.92 bits per heavy atom. The summed E-state index contributed by atoms with van der Waals surface area (Å²) in [6, 6.07) is 14.2. The van der Waals surface area contributed by atoms with Crippen LogP contribution in [0, 0.1) is 0 Å². The molecule has 5 nitrogen and oxygen atoms in total. The van der Waals surface area contributed by atoms with Crippen molar-refractivity contribution in [1.29, 1.82) is 0 Å². The molecular weight excluding hydrogens is 326 g/mol. The van der Waals surface area contributed by atoms with Crippen LogP contribution in [0.4, 0.5) is 0 Å². The smallest absolute Gasteiger partial charge is 0.237 e. The zero-order valence-electron chi connectivity index (χ0n) is 15.7. The van der Waals surface area contributed by atoms with E-state index in [4.69, 9.17) is 0 Å². The summed E-state index contributed by atoms with van der Waals surface area (Å²) >= 11 is 0. The van der Waals surface area contributed by atoms with Gasteiger partial charge in [-0.3, -0.25) is 14.5 Å². The zero-order chi connectivity index (χ0) is 18.7. The second-order valence-corrected chi connectivity index (χ2v) is 7.96. The first-order valence-electron chi connectivity index (χ1n) is 9.12. The summed E-state index contributed by atoms with van der Waals surface area (Å²) in [5.41, 5.74) is 0.852. The second kappa shape index (κ2) is 7.46. The van der Waals surface area contributed by atoms with Crippen LogP contribution in [0.3, 0.4) is 0 Å². The van der Waals surface area contributed by atoms with E-state index in [0.29, 0.717) is 13.1 Å². The quantitative estimate of drug-likeness (QED) is 0.888. The van der Waals surface area contributed by atoms with Gasteiger partial charge in [-0.15, -0.1) is 0 Å². The second-order valence-electron chi connectivity index (χ2n) is 7.96. The van der Waals surface area contributed by atoms with Crippen molar-refractivity contribution < 1.29 is 9.59 Å². The molecule has 0 saturated carbocycles. The van der Waals surface area contributed by atoms with Gasteiger partial charge in [-0.05, 0) is 43.2 Å². The topological polar surface area (TPSA) is 61.4 Å². The fourth-order valence-electron chi connectivity index (χ4n) is 3.39. The van der Waals surface area contributed by atoms with E-state index in [-0.39, 0.29) is 23.8 Å². The van der Waals surface area contributed by atoms with Crippen LogP contribution >= 0.6 is 0 Å². The Labute approximate surface area is 154 Å². The first-order chi connectivity index (χ1) is 12.3. The van der Waals surface area contributed by atoms with E-state index in [1.165, 1.54) is 10.8 Å². The SMILES string of the molecule is CC(C)(C)NC(=O)C[C@@H]1C(=O)NCCN1Cc1ccc2ccccc2c1. The van der Waals surface area contributed by atoms with E-state index in [2.05, 4.69) is 45.9 Å². The summed E-state index contributed by atoms with van der Waals surface area (Å²) in [4.78, 5) is 26.8. The lowest BCUT2D eigenvalue weighted by Gasteiger charge is -2.35. The maximum absolute atomic E-state index is 12.4. The third-order valence-corrected chi connectivity index (χ3v) is 4.53. The number of nitrogens with one attached hydrogen (secondary N) is 2. The molecule has 0 unspecified atom stereocenters. The average Bonchev–Trinajstić information content (AvgIpc) is 2.56. The van der Waals surface area contributed by atoms with Crippen LogP contribution in [0.2, 0.25) is 0 Å². The van der Waals surface area contributed by atoms with Gasteiger partial charge in [0.2, 0.25) is 11.8 Å². The summed E-state index contributed by atoms with van der Waals surface area (Å²) in [6.07, 6.45) is 0.177. The predicted octanol–water partition coefficient (Wildman–Crippen LogP) is 2.45. The van der Waals surface area contributed by atoms with Gasteiger partial charge in [0, 0.05) is 25.2 Å². The minimum atomic E-state index is -0.433. The van der Waals surface area contributed by atoms with Crippen molar-refractivity contribution in [2.75, 3.05) is 13.1 Å². The standard InChI is InChI=1S/C21H27N3O2/c1-21(2,3)23-19(25)13-18-20(26)22-10-11-24(18)14-15-8-9-16-6-4-5-7-17(16)12-15/h4-9,12,18H,10-11,13-14H2,1-3H3,(H,22,26)(H,23,25)/t18-/m1/s1. The van der Waals surface area contributed by atoms with Crippen LogP contribution in [-0.2, 0) is 16.1 Å². The predicted molar refractivity (Wildman–Crippen MR) is 104 cm³/mol. The number of hydrogen-bond acceptors (Lipinski definition) is 3. The van der Waals surface area contributed by atoms with Gasteiger partial charge >= 0.3 is 0 Å². The largest absolute Gasteiger partial charge is 0.353 e. The molecule has 1 aliphatic rings. The Morgan fingerprint density at radius 3 is 2.65 bits per heavy atom. The number of carbonyl (C=O) groups is 2. The molecule has 138 valence electrons. The van der Waals surface area contributed by atoms with Crippen LogP contribution in [0.25, 0.3) is 10.8 Å². The Balaban J connectivity index is 1.74. The monoisotopic (exact) mass is 353 g/mol. The molecular formula is C21H27N3O2. The van der Waals surface area contributed by atoms with Gasteiger partial charge in [-0.1, -0.05) is 36.4 Å². The number of fused-ring (bicyclic) bond motifs is 1. The third kappa shape index (κ3) is 4.61. The van der Waals surface area contributed by atoms with E-state index in [0.717, 1.165) is 12.1 Å². The molecule has 1 fully saturated rings. The van der Waals surface area contributed by atoms with Gasteiger partial charge in [0.1, 0.15) is 0 Å². The van der Waals surface area contributed by atoms with Crippen molar-refractivity contribution in [2.45, 2.75) is 45.3 Å². The van der Waals surface area contributed by atoms with E-state index in [1.54, 1.807) is 0 Å². The van der Waals surface area contributed by atoms with E-state index >= 15 is 0 Å². The molecule has 2 amide bonds. The first-order valence-corrected chi connectivity index (χ1v) is 9.12. The number of hydrogen-bond donors (Lipinski definition) is 2. The highest BCUT2D eigenvalue weighted by molar-refractivity contribution is 5.89. The molecule has 2 aromatic rings. The number of rotatable bonds is 4. The normalized spacial score (nSPS) is 18.6. The molecule has 2 aromatic carbocycles. The van der Waals surface area contributed by atoms with Gasteiger partial charge in [0.15, 0.2) is 0 Å². The van der Waals surface area contributed by atoms with Gasteiger partial charge in [0.25, 0.3) is 0 Å². The highest BCUT2D eigenvalue weighted by atomic mass is 16.2. The van der Waals surface area contributed by atoms with Crippen molar-refractivity contribution >= 4 is 22.6 Å². The molecule has 26 heavy (non-hydrogen) atoms. The van der Waals surface area contributed by atoms with Crippen LogP contribution in [0.1, 0.15) is 32.8 Å². The number of benzene rings is 2. The molecule has 0 aliphatic carbocycles. The highest BCUT2D eigenvalue weighted by Crippen LogP contribution is 2.19. The van der Waals surface area contributed by atoms with Gasteiger partial charge < -0.3 is 10.6 Å². The fraction of sp³-hybridized carbons (Fsp3) is 0.429. The molecule has 1 saturated heterocycles. The lowest BCUT2D eigenvalue weighted by atomic mass is 10.0. The summed E-state index contributed by atoms with van der Waals surface area (Å²) in [5, 5.41) is 8.23. The van der Waals surface area contributed by atoms with Crippen LogP contribution < -0.4 is 10.6 Å². The maximum Gasteiger partial charge on any atom is 0.237 e. The van der Waals surface area contributed by atoms with Crippen molar-refractivity contribution in [1.82, 2.24) is 15.5 Å². The zero-order valence-corrected chi connectivity index (χ0v) is 15.7. The maximum atomic E-state index is 12.4. The molecule has 0 spiro atoms. The van der Waals surface area contributed by atoms with Crippen LogP contribution in [-0.4, -0.2) is 41.4 Å². The highest BCUT2D eigenvalue weighted by Gasteiger charge is 2.32. The molecule has 1 atom stereocenters. The Kier molecular flexibility index (Phi) is 5.28. The minimum absolute atomic E-state index is 0.0684.